The van der Waals surface area contributed by atoms with Crippen LogP contribution in [-0.4, -0.2) is 21.4 Å². The van der Waals surface area contributed by atoms with Gasteiger partial charge < -0.3 is 18.3 Å². The maximum Gasteiger partial charge on any atom is 0.343 e. The van der Waals surface area contributed by atoms with Crippen LogP contribution in [0.3, 0.4) is 0 Å². The van der Waals surface area contributed by atoms with E-state index in [9.17, 15) is 4.79 Å². The Morgan fingerprint density at radius 1 is 1.18 bits per heavy atom. The normalized spacial score (nSPS) is 18.7. The number of ether oxygens (including phenoxy) is 2. The second-order valence-electron chi connectivity index (χ2n) is 9.62. The second kappa shape index (κ2) is 6.36. The van der Waals surface area contributed by atoms with Crippen LogP contribution in [0.5, 0.6) is 5.75 Å². The summed E-state index contributed by atoms with van der Waals surface area (Å²) < 4.78 is 24.0. The zero-order valence-corrected chi connectivity index (χ0v) is 18.7. The zero-order valence-electron chi connectivity index (χ0n) is 17.7. The van der Waals surface area contributed by atoms with Crippen LogP contribution in [0.15, 0.2) is 16.5 Å². The fraction of sp³-hybridized carbons (Fsp3) is 0.591. The van der Waals surface area contributed by atoms with Crippen molar-refractivity contribution in [3.8, 4) is 5.75 Å². The van der Waals surface area contributed by atoms with Gasteiger partial charge in [-0.1, -0.05) is 20.8 Å². The first-order valence-electron chi connectivity index (χ1n) is 10.1. The molecule has 1 aromatic carbocycles. The number of benzene rings is 1. The predicted molar refractivity (Wildman–Crippen MR) is 110 cm³/mol. The summed E-state index contributed by atoms with van der Waals surface area (Å²) in [5, 5.41) is 0.911. The number of carbonyl (C=O) groups excluding carboxylic acids is 1. The lowest BCUT2D eigenvalue weighted by molar-refractivity contribution is -0.0130. The standard InChI is InChI=1S/C22H30O5Si/c1-21(2,3)28(5,6)25-13-14-11-15-17-19(26-18(15)16(12-14)24-4)22(27-20(17)23)9-7-8-10-22/h11-12H,7-10,13H2,1-6H3. The van der Waals surface area contributed by atoms with Crippen molar-refractivity contribution in [2.24, 2.45) is 0 Å². The number of furan rings is 1. The number of hydrogen-bond donors (Lipinski definition) is 0. The third kappa shape index (κ3) is 2.89. The first-order chi connectivity index (χ1) is 13.1. The molecule has 0 unspecified atom stereocenters. The van der Waals surface area contributed by atoms with Gasteiger partial charge in [-0.15, -0.1) is 0 Å². The number of methoxy groups -OCH3 is 1. The molecule has 2 aromatic rings. The van der Waals surface area contributed by atoms with Crippen molar-refractivity contribution in [3.63, 3.8) is 0 Å². The third-order valence-corrected chi connectivity index (χ3v) is 11.2. The SMILES string of the molecule is COc1cc(CO[Si](C)(C)C(C)(C)C)cc2c3c(oc12)C1(CCCC1)OC3=O. The van der Waals surface area contributed by atoms with Crippen LogP contribution in [0.1, 0.15) is 68.1 Å². The van der Waals surface area contributed by atoms with E-state index in [1.165, 1.54) is 0 Å². The summed E-state index contributed by atoms with van der Waals surface area (Å²) in [7, 11) is -0.253. The number of rotatable bonds is 4. The Kier molecular flexibility index (Phi) is 4.43. The van der Waals surface area contributed by atoms with Crippen LogP contribution < -0.4 is 4.74 Å². The Labute approximate surface area is 167 Å². The highest BCUT2D eigenvalue weighted by Gasteiger charge is 2.52. The summed E-state index contributed by atoms with van der Waals surface area (Å²) in [5.41, 5.74) is 1.61. The molecule has 1 aliphatic heterocycles. The average Bonchev–Trinajstić information content (AvgIpc) is 3.29. The number of hydrogen-bond acceptors (Lipinski definition) is 5. The molecule has 6 heteroatoms. The van der Waals surface area contributed by atoms with Crippen molar-refractivity contribution >= 4 is 25.3 Å². The molecule has 152 valence electrons. The molecule has 2 heterocycles. The number of esters is 1. The van der Waals surface area contributed by atoms with Gasteiger partial charge in [0.25, 0.3) is 0 Å². The first kappa shape index (κ1) is 19.5. The summed E-state index contributed by atoms with van der Waals surface area (Å²) in [6.45, 7) is 11.6. The van der Waals surface area contributed by atoms with Gasteiger partial charge in [0.2, 0.25) is 0 Å². The van der Waals surface area contributed by atoms with E-state index in [0.29, 0.717) is 29.3 Å². The molecule has 2 aliphatic rings. The van der Waals surface area contributed by atoms with E-state index in [1.807, 2.05) is 12.1 Å². The minimum Gasteiger partial charge on any atom is -0.493 e. The fourth-order valence-electron chi connectivity index (χ4n) is 4.01. The van der Waals surface area contributed by atoms with Crippen molar-refractivity contribution in [2.45, 2.75) is 76.8 Å². The van der Waals surface area contributed by atoms with E-state index in [-0.39, 0.29) is 11.0 Å². The Morgan fingerprint density at radius 2 is 1.86 bits per heavy atom. The molecular weight excluding hydrogens is 372 g/mol. The lowest BCUT2D eigenvalue weighted by Crippen LogP contribution is -2.40. The minimum absolute atomic E-state index is 0.136. The highest BCUT2D eigenvalue weighted by atomic mass is 28.4. The fourth-order valence-corrected chi connectivity index (χ4v) is 4.97. The first-order valence-corrected chi connectivity index (χ1v) is 13.0. The molecule has 0 saturated heterocycles. The average molecular weight is 403 g/mol. The van der Waals surface area contributed by atoms with Crippen molar-refractivity contribution in [3.05, 3.63) is 29.0 Å². The molecule has 1 fully saturated rings. The summed E-state index contributed by atoms with van der Waals surface area (Å²) in [5.74, 6) is 1.05. The van der Waals surface area contributed by atoms with Gasteiger partial charge >= 0.3 is 5.97 Å². The maximum absolute atomic E-state index is 12.7. The van der Waals surface area contributed by atoms with Gasteiger partial charge in [0.15, 0.2) is 31.0 Å². The smallest absolute Gasteiger partial charge is 0.343 e. The highest BCUT2D eigenvalue weighted by molar-refractivity contribution is 6.74. The van der Waals surface area contributed by atoms with Crippen molar-refractivity contribution in [2.75, 3.05) is 7.11 Å². The quantitative estimate of drug-likeness (QED) is 0.470. The molecule has 0 bridgehead atoms. The van der Waals surface area contributed by atoms with Gasteiger partial charge in [0.05, 0.1) is 13.7 Å². The zero-order chi connectivity index (χ0) is 20.3. The highest BCUT2D eigenvalue weighted by Crippen LogP contribution is 2.52. The summed E-state index contributed by atoms with van der Waals surface area (Å²) in [6, 6.07) is 3.96. The van der Waals surface area contributed by atoms with Crippen LogP contribution >= 0.6 is 0 Å². The second-order valence-corrected chi connectivity index (χ2v) is 14.4. The van der Waals surface area contributed by atoms with E-state index in [4.69, 9.17) is 18.3 Å². The van der Waals surface area contributed by atoms with Gasteiger partial charge in [-0.25, -0.2) is 4.79 Å². The lowest BCUT2D eigenvalue weighted by Gasteiger charge is -2.36. The molecule has 5 nitrogen and oxygen atoms in total. The van der Waals surface area contributed by atoms with Crippen molar-refractivity contribution in [1.82, 2.24) is 0 Å². The van der Waals surface area contributed by atoms with E-state index >= 15 is 0 Å². The van der Waals surface area contributed by atoms with Gasteiger partial charge in [0, 0.05) is 5.39 Å². The molecule has 0 atom stereocenters. The van der Waals surface area contributed by atoms with Crippen LogP contribution in [-0.2, 0) is 21.4 Å². The Balaban J connectivity index is 1.76. The van der Waals surface area contributed by atoms with Gasteiger partial charge in [-0.2, -0.15) is 0 Å². The molecule has 1 saturated carbocycles. The minimum atomic E-state index is -1.88. The molecule has 28 heavy (non-hydrogen) atoms. The maximum atomic E-state index is 12.7. The molecule has 0 N–H and O–H groups in total. The number of carbonyl (C=O) groups is 1. The van der Waals surface area contributed by atoms with E-state index < -0.39 is 13.9 Å². The van der Waals surface area contributed by atoms with Crippen molar-refractivity contribution < 1.29 is 23.1 Å². The van der Waals surface area contributed by atoms with E-state index in [0.717, 1.165) is 36.6 Å². The summed E-state index contributed by atoms with van der Waals surface area (Å²) in [6.07, 6.45) is 3.75. The van der Waals surface area contributed by atoms with Crippen LogP contribution in [0.2, 0.25) is 18.1 Å². The van der Waals surface area contributed by atoms with Crippen LogP contribution in [0.25, 0.3) is 11.0 Å². The topological polar surface area (TPSA) is 57.9 Å². The molecule has 1 aliphatic carbocycles. The molecule has 1 aromatic heterocycles. The Hall–Kier alpha value is -1.79. The third-order valence-electron chi connectivity index (χ3n) is 6.76. The largest absolute Gasteiger partial charge is 0.493 e. The Bertz CT molecular complexity index is 929. The van der Waals surface area contributed by atoms with Gasteiger partial charge in [-0.05, 0) is 61.5 Å². The van der Waals surface area contributed by atoms with Crippen molar-refractivity contribution in [1.29, 1.82) is 0 Å². The summed E-state index contributed by atoms with van der Waals surface area (Å²) >= 11 is 0. The molecular formula is C22H30O5Si. The van der Waals surface area contributed by atoms with Gasteiger partial charge in [-0.3, -0.25) is 0 Å². The predicted octanol–water partition coefficient (Wildman–Crippen LogP) is 5.90. The van der Waals surface area contributed by atoms with Crippen LogP contribution in [0.4, 0.5) is 0 Å². The summed E-state index contributed by atoms with van der Waals surface area (Å²) in [4.78, 5) is 12.7. The van der Waals surface area contributed by atoms with Crippen LogP contribution in [0, 0.1) is 0 Å². The lowest BCUT2D eigenvalue weighted by atomic mass is 9.97. The Morgan fingerprint density at radius 3 is 2.46 bits per heavy atom. The molecule has 0 radical (unpaired) electrons. The molecule has 4 rings (SSSR count). The monoisotopic (exact) mass is 402 g/mol. The molecule has 1 spiro atoms. The number of fused-ring (bicyclic) bond motifs is 4. The van der Waals surface area contributed by atoms with E-state index in [2.05, 4.69) is 33.9 Å². The van der Waals surface area contributed by atoms with Gasteiger partial charge in [0.1, 0.15) is 5.56 Å². The van der Waals surface area contributed by atoms with E-state index in [1.54, 1.807) is 7.11 Å². The molecule has 0 amide bonds.